The molecule has 1 aromatic heterocycles. The van der Waals surface area contributed by atoms with E-state index in [2.05, 4.69) is 10.1 Å². The molecule has 0 aliphatic carbocycles. The first-order valence-electron chi connectivity index (χ1n) is 9.14. The van der Waals surface area contributed by atoms with E-state index in [-0.39, 0.29) is 11.3 Å². The topological polar surface area (TPSA) is 93.3 Å². The van der Waals surface area contributed by atoms with Crippen LogP contribution in [0.4, 0.5) is 5.82 Å². The summed E-state index contributed by atoms with van der Waals surface area (Å²) in [7, 11) is 3.86. The van der Waals surface area contributed by atoms with Crippen molar-refractivity contribution in [2.45, 2.75) is 6.10 Å². The normalized spacial score (nSPS) is 16.5. The number of benzene rings is 1. The van der Waals surface area contributed by atoms with Crippen molar-refractivity contribution in [2.75, 3.05) is 58.3 Å². The van der Waals surface area contributed by atoms with Gasteiger partial charge in [-0.1, -0.05) is 16.8 Å². The van der Waals surface area contributed by atoms with Gasteiger partial charge in [-0.2, -0.15) is 0 Å². The molecule has 9 heteroatoms. The lowest BCUT2D eigenvalue weighted by Crippen LogP contribution is -2.50. The molecule has 152 valence electrons. The fourth-order valence-corrected chi connectivity index (χ4v) is 3.53. The first-order chi connectivity index (χ1) is 13.3. The summed E-state index contributed by atoms with van der Waals surface area (Å²) in [4.78, 5) is 17.9. The van der Waals surface area contributed by atoms with Crippen molar-refractivity contribution in [3.8, 4) is 11.3 Å². The molecule has 0 amide bonds. The van der Waals surface area contributed by atoms with E-state index in [1.54, 1.807) is 24.3 Å². The van der Waals surface area contributed by atoms with Crippen molar-refractivity contribution in [1.82, 2.24) is 15.0 Å². The van der Waals surface area contributed by atoms with Gasteiger partial charge < -0.3 is 24.5 Å². The zero-order valence-electron chi connectivity index (χ0n) is 16.0. The molecule has 1 aliphatic heterocycles. The van der Waals surface area contributed by atoms with Crippen LogP contribution < -0.4 is 4.90 Å². The first kappa shape index (κ1) is 20.6. The number of aliphatic hydroxyl groups is 1. The predicted molar refractivity (Wildman–Crippen MR) is 107 cm³/mol. The van der Waals surface area contributed by atoms with Crippen LogP contribution in [0.1, 0.15) is 10.4 Å². The monoisotopic (exact) mass is 408 g/mol. The molecule has 2 aromatic rings. The largest absolute Gasteiger partial charge is 0.477 e. The van der Waals surface area contributed by atoms with Crippen LogP contribution in [0.5, 0.6) is 0 Å². The number of anilines is 1. The maximum atomic E-state index is 11.9. The van der Waals surface area contributed by atoms with Crippen molar-refractivity contribution in [3.05, 3.63) is 34.9 Å². The zero-order chi connectivity index (χ0) is 20.3. The number of β-amino-alcohol motifs (C(OH)–C–C–N with tert-alkyl or cyclic N) is 1. The smallest absolute Gasteiger partial charge is 0.343 e. The Morgan fingerprint density at radius 3 is 2.46 bits per heavy atom. The van der Waals surface area contributed by atoms with E-state index in [0.29, 0.717) is 55.7 Å². The molecule has 0 spiro atoms. The Balaban J connectivity index is 1.71. The number of rotatable bonds is 7. The summed E-state index contributed by atoms with van der Waals surface area (Å²) in [6, 6.07) is 6.79. The molecule has 0 saturated carbocycles. The fraction of sp³-hybridized carbons (Fsp3) is 0.474. The van der Waals surface area contributed by atoms with E-state index < -0.39 is 12.1 Å². The number of carbonyl (C=O) groups is 1. The van der Waals surface area contributed by atoms with E-state index in [1.807, 2.05) is 23.9 Å². The molecule has 0 bridgehead atoms. The van der Waals surface area contributed by atoms with Crippen LogP contribution in [0.3, 0.4) is 0 Å². The highest BCUT2D eigenvalue weighted by Crippen LogP contribution is 2.32. The predicted octanol–water partition coefficient (Wildman–Crippen LogP) is 1.74. The van der Waals surface area contributed by atoms with Crippen LogP contribution in [-0.4, -0.2) is 90.6 Å². The minimum atomic E-state index is -1.08. The van der Waals surface area contributed by atoms with Crippen LogP contribution >= 0.6 is 11.6 Å². The zero-order valence-corrected chi connectivity index (χ0v) is 16.8. The Hall–Kier alpha value is -2.13. The number of likely N-dealkylation sites (N-methyl/N-ethyl adjacent to an activating group) is 1. The average Bonchev–Trinajstić information content (AvgIpc) is 3.07. The van der Waals surface area contributed by atoms with Gasteiger partial charge in [0.15, 0.2) is 17.1 Å². The number of aromatic nitrogens is 1. The van der Waals surface area contributed by atoms with Crippen molar-refractivity contribution in [3.63, 3.8) is 0 Å². The van der Waals surface area contributed by atoms with Crippen molar-refractivity contribution < 1.29 is 19.5 Å². The molecule has 1 aromatic carbocycles. The van der Waals surface area contributed by atoms with Crippen LogP contribution in [0, 0.1) is 0 Å². The molecule has 1 unspecified atom stereocenters. The van der Waals surface area contributed by atoms with E-state index in [1.165, 1.54) is 0 Å². The summed E-state index contributed by atoms with van der Waals surface area (Å²) < 4.78 is 5.40. The standard InChI is InChI=1S/C19H25ClN4O4/c1-22(2)11-15(25)12-23-7-9-24(10-8-23)18-16(19(26)27)17(28-21-18)13-3-5-14(20)6-4-13/h3-6,15,25H,7-12H2,1-2H3,(H,26,27). The highest BCUT2D eigenvalue weighted by Gasteiger charge is 2.29. The third-order valence-corrected chi connectivity index (χ3v) is 4.96. The summed E-state index contributed by atoms with van der Waals surface area (Å²) in [5, 5.41) is 24.5. The number of hydrogen-bond acceptors (Lipinski definition) is 7. The van der Waals surface area contributed by atoms with Gasteiger partial charge in [-0.05, 0) is 38.4 Å². The van der Waals surface area contributed by atoms with Crippen LogP contribution in [0.25, 0.3) is 11.3 Å². The molecule has 1 saturated heterocycles. The van der Waals surface area contributed by atoms with Crippen molar-refractivity contribution in [1.29, 1.82) is 0 Å². The molecule has 2 N–H and O–H groups in total. The maximum absolute atomic E-state index is 11.9. The lowest BCUT2D eigenvalue weighted by molar-refractivity contribution is 0.0697. The molecule has 28 heavy (non-hydrogen) atoms. The van der Waals surface area contributed by atoms with Gasteiger partial charge in [0.05, 0.1) is 6.10 Å². The minimum absolute atomic E-state index is 0.0587. The summed E-state index contributed by atoms with van der Waals surface area (Å²) in [5.41, 5.74) is 0.675. The number of carboxylic acids is 1. The molecule has 0 radical (unpaired) electrons. The Morgan fingerprint density at radius 1 is 1.25 bits per heavy atom. The van der Waals surface area contributed by atoms with Gasteiger partial charge >= 0.3 is 5.97 Å². The number of nitrogens with zero attached hydrogens (tertiary/aromatic N) is 4. The number of piperazine rings is 1. The van der Waals surface area contributed by atoms with E-state index in [9.17, 15) is 15.0 Å². The van der Waals surface area contributed by atoms with Gasteiger partial charge in [-0.25, -0.2) is 4.79 Å². The van der Waals surface area contributed by atoms with Crippen LogP contribution in [0.15, 0.2) is 28.8 Å². The van der Waals surface area contributed by atoms with Gasteiger partial charge in [0.25, 0.3) is 0 Å². The number of carboxylic acid groups (broad SMARTS) is 1. The summed E-state index contributed by atoms with van der Waals surface area (Å²) >= 11 is 5.91. The molecular weight excluding hydrogens is 384 g/mol. The maximum Gasteiger partial charge on any atom is 0.343 e. The third kappa shape index (κ3) is 4.82. The lowest BCUT2D eigenvalue weighted by Gasteiger charge is -2.36. The Labute approximate surface area is 168 Å². The lowest BCUT2D eigenvalue weighted by atomic mass is 10.1. The van der Waals surface area contributed by atoms with E-state index in [4.69, 9.17) is 16.1 Å². The van der Waals surface area contributed by atoms with Crippen molar-refractivity contribution in [2.24, 2.45) is 0 Å². The highest BCUT2D eigenvalue weighted by atomic mass is 35.5. The highest BCUT2D eigenvalue weighted by molar-refractivity contribution is 6.30. The molecule has 1 atom stereocenters. The molecule has 8 nitrogen and oxygen atoms in total. The Bertz CT molecular complexity index is 801. The van der Waals surface area contributed by atoms with E-state index in [0.717, 1.165) is 0 Å². The van der Waals surface area contributed by atoms with Gasteiger partial charge in [0, 0.05) is 49.9 Å². The number of aromatic carboxylic acids is 1. The average molecular weight is 409 g/mol. The van der Waals surface area contributed by atoms with Gasteiger partial charge in [-0.15, -0.1) is 0 Å². The van der Waals surface area contributed by atoms with Gasteiger partial charge in [-0.3, -0.25) is 4.90 Å². The second kappa shape index (κ2) is 8.91. The number of halogens is 1. The Kier molecular flexibility index (Phi) is 6.56. The summed E-state index contributed by atoms with van der Waals surface area (Å²) in [5.74, 6) is -0.515. The van der Waals surface area contributed by atoms with Gasteiger partial charge in [0.2, 0.25) is 0 Å². The quantitative estimate of drug-likeness (QED) is 0.715. The number of hydrogen-bond donors (Lipinski definition) is 2. The fourth-order valence-electron chi connectivity index (χ4n) is 3.41. The second-order valence-electron chi connectivity index (χ2n) is 7.23. The minimum Gasteiger partial charge on any atom is -0.477 e. The molecule has 3 rings (SSSR count). The SMILES string of the molecule is CN(C)CC(O)CN1CCN(c2noc(-c3ccc(Cl)cc3)c2C(=O)O)CC1. The first-order valence-corrected chi connectivity index (χ1v) is 9.52. The third-order valence-electron chi connectivity index (χ3n) is 4.71. The molecule has 1 aliphatic rings. The second-order valence-corrected chi connectivity index (χ2v) is 7.66. The summed E-state index contributed by atoms with van der Waals surface area (Å²) in [6.45, 7) is 3.85. The molecule has 1 fully saturated rings. The molecule has 2 heterocycles. The van der Waals surface area contributed by atoms with Crippen LogP contribution in [-0.2, 0) is 0 Å². The Morgan fingerprint density at radius 2 is 1.89 bits per heavy atom. The number of aliphatic hydroxyl groups excluding tert-OH is 1. The van der Waals surface area contributed by atoms with Crippen molar-refractivity contribution >= 4 is 23.4 Å². The van der Waals surface area contributed by atoms with E-state index >= 15 is 0 Å². The summed E-state index contributed by atoms with van der Waals surface area (Å²) in [6.07, 6.45) is -0.417. The van der Waals surface area contributed by atoms with Gasteiger partial charge in [0.1, 0.15) is 0 Å². The van der Waals surface area contributed by atoms with Crippen LogP contribution in [0.2, 0.25) is 5.02 Å². The molecular formula is C19H25ClN4O4.